The molecule has 4 N–H and O–H groups in total. The van der Waals surface area contributed by atoms with Crippen LogP contribution in [-0.4, -0.2) is 40.2 Å². The van der Waals surface area contributed by atoms with Gasteiger partial charge in [0.1, 0.15) is 11.9 Å². The van der Waals surface area contributed by atoms with Crippen LogP contribution in [0.25, 0.3) is 0 Å². The molecule has 10 heteroatoms. The minimum Gasteiger partial charge on any atom is -0.507 e. The maximum atomic E-state index is 11.3. The predicted octanol–water partition coefficient (Wildman–Crippen LogP) is 3.04. The molecular weight excluding hydrogens is 390 g/mol. The van der Waals surface area contributed by atoms with Gasteiger partial charge in [-0.15, -0.1) is 10.1 Å². The normalized spacial score (nSPS) is 17.6. The SMILES string of the molecule is NC(=O)c1cc(C(CNCCCCCC2CCSS2)O[N+](=O)[O-])ccc1O. The van der Waals surface area contributed by atoms with Crippen LogP contribution in [-0.2, 0) is 4.84 Å². The van der Waals surface area contributed by atoms with Crippen molar-refractivity contribution in [1.82, 2.24) is 5.32 Å². The number of primary amides is 1. The maximum absolute atomic E-state index is 11.3. The Hall–Kier alpha value is -1.65. The second kappa shape index (κ2) is 11.3. The Kier molecular flexibility index (Phi) is 9.02. The maximum Gasteiger partial charge on any atom is 0.295 e. The number of carbonyl (C=O) groups is 1. The zero-order valence-corrected chi connectivity index (χ0v) is 16.6. The Labute approximate surface area is 166 Å². The first kappa shape index (κ1) is 21.6. The minimum absolute atomic E-state index is 0.0904. The quantitative estimate of drug-likeness (QED) is 0.206. The third-order valence-electron chi connectivity index (χ3n) is 4.31. The van der Waals surface area contributed by atoms with Crippen molar-refractivity contribution in [3.05, 3.63) is 39.4 Å². The molecule has 2 unspecified atom stereocenters. The monoisotopic (exact) mass is 415 g/mol. The van der Waals surface area contributed by atoms with Crippen LogP contribution in [0, 0.1) is 10.1 Å². The van der Waals surface area contributed by atoms with Gasteiger partial charge in [-0.2, -0.15) is 0 Å². The minimum atomic E-state index is -0.884. The van der Waals surface area contributed by atoms with Crippen LogP contribution in [0.1, 0.15) is 54.1 Å². The third kappa shape index (κ3) is 7.47. The smallest absolute Gasteiger partial charge is 0.295 e. The van der Waals surface area contributed by atoms with E-state index in [0.717, 1.165) is 24.6 Å². The van der Waals surface area contributed by atoms with Gasteiger partial charge in [0.15, 0.2) is 0 Å². The van der Waals surface area contributed by atoms with Crippen molar-refractivity contribution in [2.45, 2.75) is 43.5 Å². The molecule has 1 aromatic carbocycles. The number of rotatable bonds is 12. The molecule has 0 saturated carbocycles. The van der Waals surface area contributed by atoms with Crippen LogP contribution in [0.15, 0.2) is 18.2 Å². The van der Waals surface area contributed by atoms with Gasteiger partial charge in [-0.25, -0.2) is 0 Å². The lowest BCUT2D eigenvalue weighted by atomic mass is 10.0. The summed E-state index contributed by atoms with van der Waals surface area (Å²) in [6.07, 6.45) is 4.94. The number of phenols is 1. The molecule has 2 rings (SSSR count). The lowest BCUT2D eigenvalue weighted by molar-refractivity contribution is -0.770. The van der Waals surface area contributed by atoms with Crippen LogP contribution in [0.4, 0.5) is 0 Å². The van der Waals surface area contributed by atoms with Crippen LogP contribution in [0.3, 0.4) is 0 Å². The molecule has 1 fully saturated rings. The molecule has 1 amide bonds. The fraction of sp³-hybridized carbons (Fsp3) is 0.588. The summed E-state index contributed by atoms with van der Waals surface area (Å²) in [7, 11) is 3.95. The van der Waals surface area contributed by atoms with Crippen molar-refractivity contribution in [2.75, 3.05) is 18.8 Å². The molecule has 1 aromatic rings. The van der Waals surface area contributed by atoms with E-state index in [0.29, 0.717) is 5.56 Å². The molecule has 1 heterocycles. The molecule has 0 bridgehead atoms. The van der Waals surface area contributed by atoms with Gasteiger partial charge in [0.05, 0.1) is 5.56 Å². The second-order valence-electron chi connectivity index (χ2n) is 6.34. The van der Waals surface area contributed by atoms with Crippen molar-refractivity contribution < 1.29 is 19.8 Å². The van der Waals surface area contributed by atoms with E-state index in [1.54, 1.807) is 0 Å². The summed E-state index contributed by atoms with van der Waals surface area (Å²) in [5.74, 6) is 0.183. The van der Waals surface area contributed by atoms with Gasteiger partial charge < -0.3 is 21.0 Å². The fourth-order valence-corrected chi connectivity index (χ4v) is 5.90. The molecule has 0 radical (unpaired) electrons. The topological polar surface area (TPSA) is 128 Å². The standard InChI is InChI=1S/C17H25N3O5S2/c18-17(22)14-10-12(5-6-15(14)21)16(25-20(23)24)11-19-8-3-1-2-4-13-7-9-26-27-13/h5-6,10,13,16,19,21H,1-4,7-9,11H2,(H2,18,22). The molecule has 1 saturated heterocycles. The van der Waals surface area contributed by atoms with Gasteiger partial charge in [0.2, 0.25) is 0 Å². The molecule has 2 atom stereocenters. The highest BCUT2D eigenvalue weighted by Crippen LogP contribution is 2.39. The van der Waals surface area contributed by atoms with E-state index in [1.807, 2.05) is 21.6 Å². The highest BCUT2D eigenvalue weighted by atomic mass is 33.1. The van der Waals surface area contributed by atoms with E-state index in [2.05, 4.69) is 5.32 Å². The largest absolute Gasteiger partial charge is 0.507 e. The number of nitrogens with one attached hydrogen (secondary N) is 1. The van der Waals surface area contributed by atoms with Crippen molar-refractivity contribution >= 4 is 27.5 Å². The van der Waals surface area contributed by atoms with Crippen molar-refractivity contribution in [1.29, 1.82) is 0 Å². The second-order valence-corrected chi connectivity index (χ2v) is 9.13. The average Bonchev–Trinajstić information content (AvgIpc) is 3.13. The zero-order valence-electron chi connectivity index (χ0n) is 15.0. The van der Waals surface area contributed by atoms with E-state index in [4.69, 9.17) is 10.6 Å². The fourth-order valence-electron chi connectivity index (χ4n) is 2.87. The van der Waals surface area contributed by atoms with Gasteiger partial charge in [-0.3, -0.25) is 4.79 Å². The number of hydrogen-bond donors (Lipinski definition) is 3. The number of carbonyl (C=O) groups excluding carboxylic acids is 1. The third-order valence-corrected chi connectivity index (χ3v) is 7.31. The van der Waals surface area contributed by atoms with Gasteiger partial charge in [-0.1, -0.05) is 40.5 Å². The molecule has 1 aliphatic heterocycles. The Bertz CT molecular complexity index is 641. The summed E-state index contributed by atoms with van der Waals surface area (Å²) in [6, 6.07) is 4.09. The van der Waals surface area contributed by atoms with Crippen molar-refractivity contribution in [2.24, 2.45) is 5.73 Å². The molecule has 8 nitrogen and oxygen atoms in total. The highest BCUT2D eigenvalue weighted by molar-refractivity contribution is 8.77. The van der Waals surface area contributed by atoms with E-state index in [9.17, 15) is 20.0 Å². The lowest BCUT2D eigenvalue weighted by Gasteiger charge is -2.17. The van der Waals surface area contributed by atoms with E-state index < -0.39 is 17.1 Å². The summed E-state index contributed by atoms with van der Waals surface area (Å²) < 4.78 is 0. The van der Waals surface area contributed by atoms with Gasteiger partial charge in [0, 0.05) is 17.5 Å². The first-order chi connectivity index (χ1) is 13.0. The lowest BCUT2D eigenvalue weighted by Crippen LogP contribution is -2.26. The number of benzene rings is 1. The summed E-state index contributed by atoms with van der Waals surface area (Å²) in [5, 5.41) is 23.5. The Morgan fingerprint density at radius 1 is 1.44 bits per heavy atom. The first-order valence-electron chi connectivity index (χ1n) is 8.90. The van der Waals surface area contributed by atoms with Crippen LogP contribution >= 0.6 is 21.6 Å². The summed E-state index contributed by atoms with van der Waals surface area (Å²) in [6.45, 7) is 0.948. The number of unbranched alkanes of at least 4 members (excludes halogenated alkanes) is 2. The molecule has 1 aliphatic rings. The summed E-state index contributed by atoms with van der Waals surface area (Å²) in [5.41, 5.74) is 5.52. The van der Waals surface area contributed by atoms with Crippen molar-refractivity contribution in [3.63, 3.8) is 0 Å². The molecule has 0 aromatic heterocycles. The highest BCUT2D eigenvalue weighted by Gasteiger charge is 2.19. The van der Waals surface area contributed by atoms with Crippen LogP contribution < -0.4 is 11.1 Å². The molecule has 27 heavy (non-hydrogen) atoms. The average molecular weight is 416 g/mol. The van der Waals surface area contributed by atoms with Crippen molar-refractivity contribution in [3.8, 4) is 5.75 Å². The molecular formula is C17H25N3O5S2. The first-order valence-corrected chi connectivity index (χ1v) is 11.3. The molecule has 150 valence electrons. The van der Waals surface area contributed by atoms with Gasteiger partial charge in [0.25, 0.3) is 11.0 Å². The zero-order chi connectivity index (χ0) is 19.6. The summed E-state index contributed by atoms with van der Waals surface area (Å²) in [4.78, 5) is 26.9. The van der Waals surface area contributed by atoms with Crippen LogP contribution in [0.2, 0.25) is 0 Å². The number of nitrogens with two attached hydrogens (primary N) is 1. The van der Waals surface area contributed by atoms with Crippen LogP contribution in [0.5, 0.6) is 5.75 Å². The van der Waals surface area contributed by atoms with E-state index in [-0.39, 0.29) is 17.9 Å². The Morgan fingerprint density at radius 3 is 2.93 bits per heavy atom. The van der Waals surface area contributed by atoms with Gasteiger partial charge >= 0.3 is 0 Å². The van der Waals surface area contributed by atoms with E-state index >= 15 is 0 Å². The number of hydrogen-bond acceptors (Lipinski definition) is 8. The Morgan fingerprint density at radius 2 is 2.26 bits per heavy atom. The number of aromatic hydroxyl groups is 1. The predicted molar refractivity (Wildman–Crippen MR) is 107 cm³/mol. The van der Waals surface area contributed by atoms with Gasteiger partial charge in [-0.05, 0) is 43.5 Å². The Balaban J connectivity index is 1.77. The van der Waals surface area contributed by atoms with E-state index in [1.165, 1.54) is 43.2 Å². The molecule has 0 aliphatic carbocycles. The summed E-state index contributed by atoms with van der Waals surface area (Å²) >= 11 is 0. The number of nitrogens with zero attached hydrogens (tertiary/aromatic N) is 1. The molecule has 0 spiro atoms. The number of amides is 1.